The highest BCUT2D eigenvalue weighted by Gasteiger charge is 2.23. The van der Waals surface area contributed by atoms with Crippen LogP contribution in [0.15, 0.2) is 30.3 Å². The van der Waals surface area contributed by atoms with Crippen LogP contribution in [0.1, 0.15) is 47.8 Å². The van der Waals surface area contributed by atoms with Gasteiger partial charge in [-0.3, -0.25) is 4.79 Å². The van der Waals surface area contributed by atoms with E-state index in [1.807, 2.05) is 0 Å². The van der Waals surface area contributed by atoms with Crippen molar-refractivity contribution in [1.82, 2.24) is 10.3 Å². The van der Waals surface area contributed by atoms with Gasteiger partial charge in [0.1, 0.15) is 11.9 Å². The number of halogens is 2. The number of pyridine rings is 1. The van der Waals surface area contributed by atoms with Crippen molar-refractivity contribution in [3.8, 4) is 0 Å². The summed E-state index contributed by atoms with van der Waals surface area (Å²) in [4.78, 5) is 28.7. The van der Waals surface area contributed by atoms with Gasteiger partial charge < -0.3 is 20.5 Å². The third-order valence-electron chi connectivity index (χ3n) is 5.59. The summed E-state index contributed by atoms with van der Waals surface area (Å²) in [5.41, 5.74) is 2.40. The van der Waals surface area contributed by atoms with Crippen LogP contribution < -0.4 is 10.6 Å². The number of carboxylic acid groups (broad SMARTS) is 1. The third kappa shape index (κ3) is 7.32. The summed E-state index contributed by atoms with van der Waals surface area (Å²) in [6, 6.07) is 7.81. The molecule has 1 aromatic carbocycles. The predicted molar refractivity (Wildman–Crippen MR) is 129 cm³/mol. The number of amides is 1. The van der Waals surface area contributed by atoms with Crippen LogP contribution in [0.2, 0.25) is 10.0 Å². The van der Waals surface area contributed by atoms with Crippen LogP contribution >= 0.6 is 23.2 Å². The van der Waals surface area contributed by atoms with Crippen LogP contribution in [0.5, 0.6) is 0 Å². The Morgan fingerprint density at radius 1 is 1.21 bits per heavy atom. The molecule has 2 heterocycles. The average molecular weight is 494 g/mol. The van der Waals surface area contributed by atoms with E-state index in [0.717, 1.165) is 43.7 Å². The van der Waals surface area contributed by atoms with Gasteiger partial charge in [0.05, 0.1) is 15.6 Å². The number of aliphatic carboxylic acids is 1. The summed E-state index contributed by atoms with van der Waals surface area (Å²) in [5.74, 6) is -0.480. The highest BCUT2D eigenvalue weighted by molar-refractivity contribution is 6.39. The van der Waals surface area contributed by atoms with Gasteiger partial charge >= 0.3 is 5.97 Å². The van der Waals surface area contributed by atoms with E-state index in [1.54, 1.807) is 6.07 Å². The number of carboxylic acids is 1. The molecule has 0 aliphatic carbocycles. The van der Waals surface area contributed by atoms with Gasteiger partial charge in [-0.2, -0.15) is 0 Å². The van der Waals surface area contributed by atoms with Gasteiger partial charge in [0.15, 0.2) is 0 Å². The number of carbonyl (C=O) groups is 2. The average Bonchev–Trinajstić information content (AvgIpc) is 2.79. The zero-order valence-corrected chi connectivity index (χ0v) is 20.1. The van der Waals surface area contributed by atoms with Crippen LogP contribution in [-0.4, -0.2) is 47.8 Å². The lowest BCUT2D eigenvalue weighted by Gasteiger charge is -2.18. The van der Waals surface area contributed by atoms with E-state index in [4.69, 9.17) is 32.9 Å². The number of nitrogens with zero attached hydrogens (tertiary/aromatic N) is 1. The third-order valence-corrected chi connectivity index (χ3v) is 6.22. The molecule has 2 aromatic rings. The molecule has 9 heteroatoms. The number of aromatic nitrogens is 1. The molecule has 1 amide bonds. The van der Waals surface area contributed by atoms with Crippen molar-refractivity contribution in [2.24, 2.45) is 5.92 Å². The molecule has 0 saturated heterocycles. The molecular weight excluding hydrogens is 465 g/mol. The number of hydrogen-bond donors (Lipinski definition) is 3. The van der Waals surface area contributed by atoms with Gasteiger partial charge in [-0.05, 0) is 55.4 Å². The summed E-state index contributed by atoms with van der Waals surface area (Å²) in [5, 5.41) is 15.6. The first-order chi connectivity index (χ1) is 15.8. The van der Waals surface area contributed by atoms with Crippen LogP contribution in [-0.2, 0) is 22.4 Å². The number of anilines is 1. The molecule has 0 saturated carbocycles. The second-order valence-electron chi connectivity index (χ2n) is 8.31. The van der Waals surface area contributed by atoms with E-state index >= 15 is 0 Å². The maximum atomic E-state index is 12.5. The Kier molecular flexibility index (Phi) is 9.35. The van der Waals surface area contributed by atoms with Crippen molar-refractivity contribution < 1.29 is 19.4 Å². The zero-order chi connectivity index (χ0) is 23.8. The monoisotopic (exact) mass is 493 g/mol. The van der Waals surface area contributed by atoms with Crippen molar-refractivity contribution in [2.45, 2.75) is 45.1 Å². The minimum absolute atomic E-state index is 0.0626. The molecule has 0 bridgehead atoms. The molecule has 0 unspecified atom stereocenters. The van der Waals surface area contributed by atoms with Crippen LogP contribution in [0.25, 0.3) is 0 Å². The molecule has 3 rings (SSSR count). The SMILES string of the molecule is C[C@H](CCc1ccc2c(n1)NCCC2)COCC[C@@H](NC(=O)c1c(Cl)cccc1Cl)C(=O)O. The maximum Gasteiger partial charge on any atom is 0.326 e. The second kappa shape index (κ2) is 12.2. The summed E-state index contributed by atoms with van der Waals surface area (Å²) < 4.78 is 5.69. The van der Waals surface area contributed by atoms with Gasteiger partial charge in [0, 0.05) is 31.9 Å². The van der Waals surface area contributed by atoms with E-state index in [-0.39, 0.29) is 34.6 Å². The molecule has 1 aromatic heterocycles. The number of fused-ring (bicyclic) bond motifs is 1. The number of hydrogen-bond acceptors (Lipinski definition) is 5. The Morgan fingerprint density at radius 3 is 2.70 bits per heavy atom. The van der Waals surface area contributed by atoms with Gasteiger partial charge in [0.25, 0.3) is 5.91 Å². The smallest absolute Gasteiger partial charge is 0.326 e. The molecule has 33 heavy (non-hydrogen) atoms. The number of benzene rings is 1. The van der Waals surface area contributed by atoms with Crippen molar-refractivity contribution >= 4 is 40.9 Å². The summed E-state index contributed by atoms with van der Waals surface area (Å²) in [6.45, 7) is 3.77. The number of ether oxygens (including phenoxy) is 1. The highest BCUT2D eigenvalue weighted by atomic mass is 35.5. The Labute approximate surface area is 203 Å². The Hall–Kier alpha value is -2.35. The Balaban J connectivity index is 1.40. The summed E-state index contributed by atoms with van der Waals surface area (Å²) in [7, 11) is 0. The Morgan fingerprint density at radius 2 is 1.97 bits per heavy atom. The zero-order valence-electron chi connectivity index (χ0n) is 18.6. The van der Waals surface area contributed by atoms with E-state index in [9.17, 15) is 14.7 Å². The largest absolute Gasteiger partial charge is 0.480 e. The molecule has 178 valence electrons. The molecule has 1 aliphatic rings. The number of aryl methyl sites for hydroxylation is 2. The van der Waals surface area contributed by atoms with Crippen molar-refractivity contribution in [1.29, 1.82) is 0 Å². The quantitative estimate of drug-likeness (QED) is 0.395. The van der Waals surface area contributed by atoms with E-state index in [2.05, 4.69) is 29.7 Å². The fraction of sp³-hybridized carbons (Fsp3) is 0.458. The lowest BCUT2D eigenvalue weighted by Crippen LogP contribution is -2.41. The van der Waals surface area contributed by atoms with Crippen molar-refractivity contribution in [3.63, 3.8) is 0 Å². The van der Waals surface area contributed by atoms with Gasteiger partial charge in [0.2, 0.25) is 0 Å². The van der Waals surface area contributed by atoms with E-state index in [0.29, 0.717) is 6.61 Å². The van der Waals surface area contributed by atoms with Crippen molar-refractivity contribution in [2.75, 3.05) is 25.1 Å². The predicted octanol–water partition coefficient (Wildman–Crippen LogP) is 4.61. The summed E-state index contributed by atoms with van der Waals surface area (Å²) in [6.07, 6.45) is 4.11. The second-order valence-corrected chi connectivity index (χ2v) is 9.12. The fourth-order valence-electron chi connectivity index (χ4n) is 3.67. The first-order valence-corrected chi connectivity index (χ1v) is 11.9. The van der Waals surface area contributed by atoms with E-state index in [1.165, 1.54) is 17.7 Å². The van der Waals surface area contributed by atoms with Gasteiger partial charge in [-0.15, -0.1) is 0 Å². The minimum atomic E-state index is -1.14. The molecular formula is C24H29Cl2N3O4. The maximum absolute atomic E-state index is 12.5. The highest BCUT2D eigenvalue weighted by Crippen LogP contribution is 2.24. The molecule has 2 atom stereocenters. The lowest BCUT2D eigenvalue weighted by molar-refractivity contribution is -0.139. The number of rotatable bonds is 11. The molecule has 0 spiro atoms. The molecule has 0 fully saturated rings. The van der Waals surface area contributed by atoms with Crippen molar-refractivity contribution in [3.05, 3.63) is 57.2 Å². The fourth-order valence-corrected chi connectivity index (χ4v) is 4.24. The standard InChI is InChI=1S/C24H29Cl2N3O4/c1-15(7-9-17-10-8-16-4-3-12-27-22(16)28-17)14-33-13-11-20(24(31)32)29-23(30)21-18(25)5-2-6-19(21)26/h2,5-6,8,10,15,20H,3-4,7,9,11-14H2,1H3,(H,27,28)(H,29,30)(H,31,32)/t15-,20-/m1/s1. The van der Waals surface area contributed by atoms with Crippen LogP contribution in [0, 0.1) is 5.92 Å². The van der Waals surface area contributed by atoms with Gasteiger partial charge in [-0.25, -0.2) is 9.78 Å². The minimum Gasteiger partial charge on any atom is -0.480 e. The lowest BCUT2D eigenvalue weighted by atomic mass is 10.0. The normalized spacial score (nSPS) is 14.6. The van der Waals surface area contributed by atoms with Crippen LogP contribution in [0.4, 0.5) is 5.82 Å². The Bertz CT molecular complexity index is 966. The first-order valence-electron chi connectivity index (χ1n) is 11.1. The molecule has 1 aliphatic heterocycles. The molecule has 7 nitrogen and oxygen atoms in total. The van der Waals surface area contributed by atoms with Gasteiger partial charge in [-0.1, -0.05) is 42.3 Å². The number of nitrogens with one attached hydrogen (secondary N) is 2. The first kappa shape index (κ1) is 25.3. The van der Waals surface area contributed by atoms with E-state index < -0.39 is 17.9 Å². The topological polar surface area (TPSA) is 101 Å². The summed E-state index contributed by atoms with van der Waals surface area (Å²) >= 11 is 12.1. The number of carbonyl (C=O) groups excluding carboxylic acids is 1. The van der Waals surface area contributed by atoms with Crippen LogP contribution in [0.3, 0.4) is 0 Å². The molecule has 3 N–H and O–H groups in total. The molecule has 0 radical (unpaired) electrons.